The normalized spacial score (nSPS) is 15.2. The number of benzene rings is 1. The first-order valence-electron chi connectivity index (χ1n) is 10.7. The van der Waals surface area contributed by atoms with Crippen molar-refractivity contribution in [2.24, 2.45) is 0 Å². The van der Waals surface area contributed by atoms with Gasteiger partial charge in [-0.3, -0.25) is 9.78 Å². The molecule has 6 nitrogen and oxygen atoms in total. The van der Waals surface area contributed by atoms with E-state index in [9.17, 15) is 4.79 Å². The zero-order valence-electron chi connectivity index (χ0n) is 18.0. The average molecular weight is 438 g/mol. The van der Waals surface area contributed by atoms with Crippen molar-refractivity contribution in [2.75, 3.05) is 26.7 Å². The van der Waals surface area contributed by atoms with Crippen LogP contribution in [0, 0.1) is 6.92 Å². The van der Waals surface area contributed by atoms with Crippen LogP contribution in [0.5, 0.6) is 0 Å². The Bertz CT molecular complexity index is 1030. The molecule has 0 N–H and O–H groups in total. The highest BCUT2D eigenvalue weighted by atomic mass is 35.5. The van der Waals surface area contributed by atoms with Crippen LogP contribution < -0.4 is 0 Å². The third-order valence-corrected chi connectivity index (χ3v) is 6.36. The molecule has 31 heavy (non-hydrogen) atoms. The first kappa shape index (κ1) is 21.5. The minimum absolute atomic E-state index is 0.0257. The summed E-state index contributed by atoms with van der Waals surface area (Å²) in [5.41, 5.74) is 3.45. The van der Waals surface area contributed by atoms with Crippen LogP contribution in [0.1, 0.15) is 34.6 Å². The first-order chi connectivity index (χ1) is 15.0. The predicted octanol–water partition coefficient (Wildman–Crippen LogP) is 4.01. The Balaban J connectivity index is 1.35. The Kier molecular flexibility index (Phi) is 6.68. The second-order valence-corrected chi connectivity index (χ2v) is 8.53. The number of hydrogen-bond donors (Lipinski definition) is 0. The van der Waals surface area contributed by atoms with E-state index in [1.807, 2.05) is 61.5 Å². The third-order valence-electron chi connectivity index (χ3n) is 6.13. The minimum Gasteiger partial charge on any atom is -0.339 e. The van der Waals surface area contributed by atoms with Gasteiger partial charge in [0.25, 0.3) is 5.91 Å². The van der Waals surface area contributed by atoms with Gasteiger partial charge in [0.2, 0.25) is 0 Å². The van der Waals surface area contributed by atoms with Crippen molar-refractivity contribution in [3.8, 4) is 5.69 Å². The van der Waals surface area contributed by atoms with E-state index < -0.39 is 0 Å². The second-order valence-electron chi connectivity index (χ2n) is 8.10. The number of nitrogens with zero attached hydrogens (tertiary/aromatic N) is 5. The standard InChI is InChI=1S/C24H28ClN5O/c1-18-23(17-27-30(18)22-8-5-6-19(25)16-22)24(31)28(2)21-10-14-29(15-11-21)13-9-20-7-3-4-12-26-20/h3-8,12,16-17,21H,9-11,13-15H2,1-2H3. The molecule has 1 amide bonds. The Morgan fingerprint density at radius 2 is 2.00 bits per heavy atom. The molecule has 0 radical (unpaired) electrons. The molecule has 0 aliphatic carbocycles. The molecule has 0 atom stereocenters. The molecule has 1 saturated heterocycles. The van der Waals surface area contributed by atoms with Gasteiger partial charge in [-0.25, -0.2) is 4.68 Å². The van der Waals surface area contributed by atoms with Crippen LogP contribution in [-0.4, -0.2) is 63.2 Å². The zero-order valence-corrected chi connectivity index (χ0v) is 18.8. The van der Waals surface area contributed by atoms with Gasteiger partial charge in [-0.15, -0.1) is 0 Å². The largest absolute Gasteiger partial charge is 0.339 e. The van der Waals surface area contributed by atoms with E-state index in [1.54, 1.807) is 10.9 Å². The second kappa shape index (κ2) is 9.62. The van der Waals surface area contributed by atoms with Gasteiger partial charge in [0.05, 0.1) is 23.1 Å². The summed E-state index contributed by atoms with van der Waals surface area (Å²) >= 11 is 6.11. The molecule has 7 heteroatoms. The molecule has 1 aromatic carbocycles. The third kappa shape index (κ3) is 4.97. The number of pyridine rings is 1. The van der Waals surface area contributed by atoms with Crippen LogP contribution in [-0.2, 0) is 6.42 Å². The Hall–Kier alpha value is -2.70. The SMILES string of the molecule is Cc1c(C(=O)N(C)C2CCN(CCc3ccccn3)CC2)cnn1-c1cccc(Cl)c1. The number of halogens is 1. The number of rotatable bonds is 6. The smallest absolute Gasteiger partial charge is 0.257 e. The van der Waals surface area contributed by atoms with Gasteiger partial charge in [0.1, 0.15) is 0 Å². The van der Waals surface area contributed by atoms with Crippen LogP contribution in [0.15, 0.2) is 54.9 Å². The fraction of sp³-hybridized carbons (Fsp3) is 0.375. The molecule has 2 aromatic heterocycles. The highest BCUT2D eigenvalue weighted by Gasteiger charge is 2.27. The maximum absolute atomic E-state index is 13.2. The molecule has 1 aliphatic rings. The summed E-state index contributed by atoms with van der Waals surface area (Å²) in [6.07, 6.45) is 6.43. The predicted molar refractivity (Wildman–Crippen MR) is 123 cm³/mol. The van der Waals surface area contributed by atoms with E-state index in [4.69, 9.17) is 11.6 Å². The van der Waals surface area contributed by atoms with Crippen LogP contribution in [0.3, 0.4) is 0 Å². The molecule has 0 saturated carbocycles. The number of aromatic nitrogens is 3. The van der Waals surface area contributed by atoms with Crippen LogP contribution in [0.25, 0.3) is 5.69 Å². The highest BCUT2D eigenvalue weighted by molar-refractivity contribution is 6.30. The van der Waals surface area contributed by atoms with Gasteiger partial charge in [-0.2, -0.15) is 5.10 Å². The summed E-state index contributed by atoms with van der Waals surface area (Å²) < 4.78 is 1.77. The number of likely N-dealkylation sites (tertiary alicyclic amines) is 1. The molecule has 1 fully saturated rings. The van der Waals surface area contributed by atoms with E-state index in [0.717, 1.165) is 56.0 Å². The number of amides is 1. The average Bonchev–Trinajstić information content (AvgIpc) is 3.19. The molecular formula is C24H28ClN5O. The van der Waals surface area contributed by atoms with Crippen molar-refractivity contribution in [3.63, 3.8) is 0 Å². The van der Waals surface area contributed by atoms with E-state index in [1.165, 1.54) is 0 Å². The lowest BCUT2D eigenvalue weighted by atomic mass is 10.0. The lowest BCUT2D eigenvalue weighted by Crippen LogP contribution is -2.46. The zero-order chi connectivity index (χ0) is 21.8. The number of carbonyl (C=O) groups is 1. The quantitative estimate of drug-likeness (QED) is 0.584. The van der Waals surface area contributed by atoms with Crippen molar-refractivity contribution in [1.82, 2.24) is 24.6 Å². The van der Waals surface area contributed by atoms with Crippen LogP contribution >= 0.6 is 11.6 Å². The van der Waals surface area contributed by atoms with Crippen LogP contribution in [0.4, 0.5) is 0 Å². The lowest BCUT2D eigenvalue weighted by molar-refractivity contribution is 0.0642. The fourth-order valence-corrected chi connectivity index (χ4v) is 4.38. The Morgan fingerprint density at radius 3 is 2.71 bits per heavy atom. The van der Waals surface area contributed by atoms with Gasteiger partial charge in [-0.05, 0) is 50.1 Å². The molecule has 162 valence electrons. The summed E-state index contributed by atoms with van der Waals surface area (Å²) in [4.78, 5) is 22.0. The van der Waals surface area contributed by atoms with Crippen molar-refractivity contribution < 1.29 is 4.79 Å². The first-order valence-corrected chi connectivity index (χ1v) is 11.1. The van der Waals surface area contributed by atoms with Gasteiger partial charge in [0.15, 0.2) is 0 Å². The lowest BCUT2D eigenvalue weighted by Gasteiger charge is -2.36. The Morgan fingerprint density at radius 1 is 1.19 bits per heavy atom. The molecule has 3 aromatic rings. The van der Waals surface area contributed by atoms with Crippen molar-refractivity contribution in [3.05, 3.63) is 76.8 Å². The van der Waals surface area contributed by atoms with Crippen molar-refractivity contribution in [1.29, 1.82) is 0 Å². The minimum atomic E-state index is 0.0257. The molecule has 3 heterocycles. The summed E-state index contributed by atoms with van der Waals surface area (Å²) in [7, 11) is 1.91. The van der Waals surface area contributed by atoms with E-state index in [2.05, 4.69) is 21.0 Å². The van der Waals surface area contributed by atoms with Crippen molar-refractivity contribution >= 4 is 17.5 Å². The fourth-order valence-electron chi connectivity index (χ4n) is 4.19. The summed E-state index contributed by atoms with van der Waals surface area (Å²) in [6.45, 7) is 4.92. The van der Waals surface area contributed by atoms with Gasteiger partial charge < -0.3 is 9.80 Å². The maximum atomic E-state index is 13.2. The number of hydrogen-bond acceptors (Lipinski definition) is 4. The molecule has 0 unspecified atom stereocenters. The molecule has 4 rings (SSSR count). The maximum Gasteiger partial charge on any atom is 0.257 e. The summed E-state index contributed by atoms with van der Waals surface area (Å²) in [5.74, 6) is 0.0257. The number of piperidine rings is 1. The van der Waals surface area contributed by atoms with Gasteiger partial charge >= 0.3 is 0 Å². The van der Waals surface area contributed by atoms with Crippen molar-refractivity contribution in [2.45, 2.75) is 32.2 Å². The van der Waals surface area contributed by atoms with Crippen LogP contribution in [0.2, 0.25) is 5.02 Å². The van der Waals surface area contributed by atoms with Gasteiger partial charge in [-0.1, -0.05) is 23.7 Å². The molecule has 0 spiro atoms. The van der Waals surface area contributed by atoms with E-state index >= 15 is 0 Å². The molecule has 1 aliphatic heterocycles. The summed E-state index contributed by atoms with van der Waals surface area (Å²) in [5, 5.41) is 5.08. The topological polar surface area (TPSA) is 54.3 Å². The Labute approximate surface area is 188 Å². The van der Waals surface area contributed by atoms with Gasteiger partial charge in [0, 0.05) is 56.1 Å². The summed E-state index contributed by atoms with van der Waals surface area (Å²) in [6, 6.07) is 13.8. The number of carbonyl (C=O) groups excluding carboxylic acids is 1. The van der Waals surface area contributed by atoms with E-state index in [0.29, 0.717) is 10.6 Å². The monoisotopic (exact) mass is 437 g/mol. The highest BCUT2D eigenvalue weighted by Crippen LogP contribution is 2.22. The van der Waals surface area contributed by atoms with E-state index in [-0.39, 0.29) is 11.9 Å². The molecule has 0 bridgehead atoms. The molecular weight excluding hydrogens is 410 g/mol.